The van der Waals surface area contributed by atoms with Crippen LogP contribution in [0, 0.1) is 13.8 Å². The van der Waals surface area contributed by atoms with Crippen molar-refractivity contribution < 1.29 is 9.53 Å². The van der Waals surface area contributed by atoms with Crippen LogP contribution in [0.1, 0.15) is 45.1 Å². The minimum Gasteiger partial charge on any atom is -0.382 e. The van der Waals surface area contributed by atoms with Gasteiger partial charge >= 0.3 is 0 Å². The van der Waals surface area contributed by atoms with E-state index in [0.29, 0.717) is 24.4 Å². The fraction of sp³-hybridized carbons (Fsp3) is 0.308. The molecule has 1 heterocycles. The molecule has 0 unspecified atom stereocenters. The highest BCUT2D eigenvalue weighted by Gasteiger charge is 2.21. The second kappa shape index (κ2) is 11.1. The van der Waals surface area contributed by atoms with Crippen LogP contribution in [0.3, 0.4) is 0 Å². The highest BCUT2D eigenvalue weighted by molar-refractivity contribution is 6.18. The first-order chi connectivity index (χ1) is 15.0. The van der Waals surface area contributed by atoms with Crippen molar-refractivity contribution in [3.8, 4) is 0 Å². The normalized spacial score (nSPS) is 12.9. The Morgan fingerprint density at radius 1 is 1.10 bits per heavy atom. The number of rotatable bonds is 10. The van der Waals surface area contributed by atoms with Crippen molar-refractivity contribution in [1.82, 2.24) is 4.98 Å². The summed E-state index contributed by atoms with van der Waals surface area (Å²) in [4.78, 5) is 17.3. The zero-order valence-corrected chi connectivity index (χ0v) is 19.0. The van der Waals surface area contributed by atoms with Crippen molar-refractivity contribution in [2.75, 3.05) is 24.9 Å². The fourth-order valence-electron chi connectivity index (χ4n) is 3.67. The number of nitrogens with zero attached hydrogens (tertiary/aromatic N) is 1. The lowest BCUT2D eigenvalue weighted by molar-refractivity contribution is 0.0977. The molecule has 0 fully saturated rings. The zero-order chi connectivity index (χ0) is 22.2. The molecule has 162 valence electrons. The Morgan fingerprint density at radius 3 is 2.48 bits per heavy atom. The highest BCUT2D eigenvalue weighted by Crippen LogP contribution is 2.32. The van der Waals surface area contributed by atoms with Gasteiger partial charge in [0.05, 0.1) is 12.0 Å². The molecule has 0 spiro atoms. The second-order valence-corrected chi connectivity index (χ2v) is 8.05. The van der Waals surface area contributed by atoms with Crippen LogP contribution < -0.4 is 5.32 Å². The van der Waals surface area contributed by atoms with Gasteiger partial charge in [-0.25, -0.2) is 0 Å². The number of nitrogens with one attached hydrogen (secondary N) is 1. The number of ketones is 1. The quantitative estimate of drug-likeness (QED) is 0.324. The highest BCUT2D eigenvalue weighted by atomic mass is 35.5. The maximum absolute atomic E-state index is 13.1. The third kappa shape index (κ3) is 6.16. The summed E-state index contributed by atoms with van der Waals surface area (Å²) in [5.41, 5.74) is 6.01. The molecule has 0 saturated heterocycles. The van der Waals surface area contributed by atoms with Crippen LogP contribution in [-0.4, -0.2) is 36.4 Å². The van der Waals surface area contributed by atoms with Crippen LogP contribution in [0.2, 0.25) is 0 Å². The Hall–Kier alpha value is -2.69. The van der Waals surface area contributed by atoms with Gasteiger partial charge in [0.15, 0.2) is 5.78 Å². The van der Waals surface area contributed by atoms with E-state index in [1.807, 2.05) is 37.3 Å². The fourth-order valence-corrected chi connectivity index (χ4v) is 3.91. The monoisotopic (exact) mass is 436 g/mol. The molecule has 0 amide bonds. The van der Waals surface area contributed by atoms with Crippen LogP contribution in [0.25, 0.3) is 0 Å². The Morgan fingerprint density at radius 2 is 1.84 bits per heavy atom. The predicted octanol–water partition coefficient (Wildman–Crippen LogP) is 5.77. The lowest BCUT2D eigenvalue weighted by atomic mass is 9.83. The Kier molecular flexibility index (Phi) is 8.21. The van der Waals surface area contributed by atoms with Crippen molar-refractivity contribution in [3.05, 3.63) is 94.8 Å². The number of methoxy groups -OCH3 is 1. The van der Waals surface area contributed by atoms with Crippen molar-refractivity contribution >= 4 is 23.1 Å². The summed E-state index contributed by atoms with van der Waals surface area (Å²) in [5.74, 6) is 0.532. The van der Waals surface area contributed by atoms with Crippen LogP contribution in [0.4, 0.5) is 5.69 Å². The lowest BCUT2D eigenvalue weighted by Crippen LogP contribution is -2.23. The van der Waals surface area contributed by atoms with E-state index in [4.69, 9.17) is 16.3 Å². The van der Waals surface area contributed by atoms with E-state index in [1.165, 1.54) is 11.1 Å². The van der Waals surface area contributed by atoms with Gasteiger partial charge in [-0.15, -0.1) is 11.6 Å². The summed E-state index contributed by atoms with van der Waals surface area (Å²) in [7, 11) is 1.66. The Labute approximate surface area is 189 Å². The number of pyridine rings is 1. The predicted molar refractivity (Wildman–Crippen MR) is 127 cm³/mol. The number of anilines is 1. The van der Waals surface area contributed by atoms with Crippen molar-refractivity contribution in [3.63, 3.8) is 0 Å². The maximum atomic E-state index is 13.1. The van der Waals surface area contributed by atoms with Gasteiger partial charge in [-0.1, -0.05) is 36.4 Å². The SMILES string of the molecule is CO[C@@H](CCl)CNc1ccc([C@@H](CC(=O)c2ccnc(C)c2)c2ccccc2C)cc1. The van der Waals surface area contributed by atoms with Gasteiger partial charge in [0.1, 0.15) is 0 Å². The van der Waals surface area contributed by atoms with Crippen LogP contribution >= 0.6 is 11.6 Å². The van der Waals surface area contributed by atoms with Gasteiger partial charge in [0.25, 0.3) is 0 Å². The summed E-state index contributed by atoms with van der Waals surface area (Å²) in [6.45, 7) is 4.64. The summed E-state index contributed by atoms with van der Waals surface area (Å²) in [6, 6.07) is 20.2. The van der Waals surface area contributed by atoms with Crippen molar-refractivity contribution in [2.45, 2.75) is 32.3 Å². The Balaban J connectivity index is 1.85. The number of benzene rings is 2. The first-order valence-corrected chi connectivity index (χ1v) is 11.0. The number of hydrogen-bond donors (Lipinski definition) is 1. The number of aromatic nitrogens is 1. The number of alkyl halides is 1. The van der Waals surface area contributed by atoms with Gasteiger partial charge in [0, 0.05) is 49.1 Å². The average Bonchev–Trinajstić information content (AvgIpc) is 2.79. The first kappa shape index (κ1) is 23.0. The number of ether oxygens (including phenoxy) is 1. The molecular formula is C26H29ClN2O2. The second-order valence-electron chi connectivity index (χ2n) is 7.74. The van der Waals surface area contributed by atoms with Gasteiger partial charge in [-0.3, -0.25) is 9.78 Å². The number of Topliss-reactive ketones (excluding diaryl/α,β-unsaturated/α-hetero) is 1. The molecule has 0 radical (unpaired) electrons. The van der Waals surface area contributed by atoms with E-state index in [-0.39, 0.29) is 17.8 Å². The molecule has 4 nitrogen and oxygen atoms in total. The number of halogens is 1. The van der Waals surface area contributed by atoms with Crippen molar-refractivity contribution in [2.24, 2.45) is 0 Å². The largest absolute Gasteiger partial charge is 0.382 e. The van der Waals surface area contributed by atoms with Gasteiger partial charge < -0.3 is 10.1 Å². The summed E-state index contributed by atoms with van der Waals surface area (Å²) in [6.07, 6.45) is 2.06. The van der Waals surface area contributed by atoms with Crippen LogP contribution in [0.15, 0.2) is 66.9 Å². The van der Waals surface area contributed by atoms with Gasteiger partial charge in [-0.05, 0) is 54.8 Å². The lowest BCUT2D eigenvalue weighted by Gasteiger charge is -2.20. The molecule has 0 aliphatic rings. The van der Waals surface area contributed by atoms with E-state index in [0.717, 1.165) is 16.9 Å². The smallest absolute Gasteiger partial charge is 0.163 e. The molecule has 2 aromatic carbocycles. The van der Waals surface area contributed by atoms with Crippen molar-refractivity contribution in [1.29, 1.82) is 0 Å². The third-order valence-electron chi connectivity index (χ3n) is 5.52. The number of hydrogen-bond acceptors (Lipinski definition) is 4. The molecule has 3 rings (SSSR count). The molecule has 2 atom stereocenters. The van der Waals surface area contributed by atoms with Crippen LogP contribution in [0.5, 0.6) is 0 Å². The minimum atomic E-state index is -0.0394. The summed E-state index contributed by atoms with van der Waals surface area (Å²) >= 11 is 5.89. The van der Waals surface area contributed by atoms with Crippen LogP contribution in [-0.2, 0) is 4.74 Å². The van der Waals surface area contributed by atoms with E-state index < -0.39 is 0 Å². The molecule has 0 bridgehead atoms. The molecule has 0 aliphatic heterocycles. The summed E-state index contributed by atoms with van der Waals surface area (Å²) in [5, 5.41) is 3.35. The zero-order valence-electron chi connectivity index (χ0n) is 18.3. The minimum absolute atomic E-state index is 0.0224. The molecule has 3 aromatic rings. The molecule has 5 heteroatoms. The summed E-state index contributed by atoms with van der Waals surface area (Å²) < 4.78 is 5.31. The first-order valence-electron chi connectivity index (χ1n) is 10.5. The number of aryl methyl sites for hydroxylation is 2. The molecule has 31 heavy (non-hydrogen) atoms. The molecule has 1 aromatic heterocycles. The van der Waals surface area contributed by atoms with E-state index in [1.54, 1.807) is 19.4 Å². The molecular weight excluding hydrogens is 408 g/mol. The molecule has 0 aliphatic carbocycles. The van der Waals surface area contributed by atoms with E-state index >= 15 is 0 Å². The average molecular weight is 437 g/mol. The van der Waals surface area contributed by atoms with E-state index in [9.17, 15) is 4.79 Å². The molecule has 0 saturated carbocycles. The van der Waals surface area contributed by atoms with E-state index in [2.05, 4.69) is 41.5 Å². The number of carbonyl (C=O) groups excluding carboxylic acids is 1. The van der Waals surface area contributed by atoms with Gasteiger partial charge in [0.2, 0.25) is 0 Å². The maximum Gasteiger partial charge on any atom is 0.163 e. The topological polar surface area (TPSA) is 51.2 Å². The third-order valence-corrected chi connectivity index (χ3v) is 5.87. The number of carbonyl (C=O) groups is 1. The van der Waals surface area contributed by atoms with Gasteiger partial charge in [-0.2, -0.15) is 0 Å². The Bertz CT molecular complexity index is 1000. The molecule has 1 N–H and O–H groups in total. The standard InChI is InChI=1S/C26H29ClN2O2/c1-18-6-4-5-7-24(18)25(15-26(30)21-12-13-28-19(2)14-21)20-8-10-22(11-9-20)29-17-23(16-27)31-3/h4-14,23,25,29H,15-17H2,1-3H3/t23-,25+/m0/s1.